The fourth-order valence-electron chi connectivity index (χ4n) is 3.92. The SMILES string of the molecule is CC(C)(C)c1nc(N2CCC(F)(F)C2)c2nnn(Cc3ccc(C4(C(F)(F)F)N=N4)cc3Cl)c2n1. The van der Waals surface area contributed by atoms with Crippen molar-refractivity contribution in [2.24, 2.45) is 10.2 Å². The predicted octanol–water partition coefficient (Wildman–Crippen LogP) is 5.25. The first kappa shape index (κ1) is 23.8. The van der Waals surface area contributed by atoms with Gasteiger partial charge in [0.2, 0.25) is 0 Å². The lowest BCUT2D eigenvalue weighted by molar-refractivity contribution is -0.166. The first-order valence-corrected chi connectivity index (χ1v) is 11.1. The van der Waals surface area contributed by atoms with Gasteiger partial charge >= 0.3 is 11.8 Å². The monoisotopic (exact) mass is 514 g/mol. The molecular formula is C21H20ClF5N8. The summed E-state index contributed by atoms with van der Waals surface area (Å²) in [4.78, 5) is 10.6. The summed E-state index contributed by atoms with van der Waals surface area (Å²) in [5.41, 5.74) is -2.22. The van der Waals surface area contributed by atoms with E-state index in [2.05, 4.69) is 30.5 Å². The van der Waals surface area contributed by atoms with Crippen LogP contribution in [0, 0.1) is 0 Å². The maximum atomic E-state index is 13.9. The van der Waals surface area contributed by atoms with Crippen LogP contribution in [0.5, 0.6) is 0 Å². The summed E-state index contributed by atoms with van der Waals surface area (Å²) in [6, 6.07) is 3.88. The average Bonchev–Trinajstić information content (AvgIpc) is 3.37. The quantitative estimate of drug-likeness (QED) is 0.444. The Kier molecular flexibility index (Phi) is 5.10. The summed E-state index contributed by atoms with van der Waals surface area (Å²) in [5.74, 6) is -2.14. The molecule has 1 fully saturated rings. The van der Waals surface area contributed by atoms with Gasteiger partial charge in [0.05, 0.1) is 13.1 Å². The molecule has 0 N–H and O–H groups in total. The van der Waals surface area contributed by atoms with Crippen molar-refractivity contribution in [3.63, 3.8) is 0 Å². The average molecular weight is 515 g/mol. The number of hydrogen-bond donors (Lipinski definition) is 0. The molecule has 5 rings (SSSR count). The Morgan fingerprint density at radius 3 is 2.34 bits per heavy atom. The summed E-state index contributed by atoms with van der Waals surface area (Å²) >= 11 is 6.32. The molecule has 14 heteroatoms. The molecular weight excluding hydrogens is 495 g/mol. The largest absolute Gasteiger partial charge is 0.442 e. The van der Waals surface area contributed by atoms with Gasteiger partial charge in [0, 0.05) is 29.0 Å². The third-order valence-corrected chi connectivity index (χ3v) is 6.31. The van der Waals surface area contributed by atoms with Crippen LogP contribution in [0.25, 0.3) is 11.2 Å². The highest BCUT2D eigenvalue weighted by Crippen LogP contribution is 2.52. The highest BCUT2D eigenvalue weighted by molar-refractivity contribution is 6.31. The molecule has 0 radical (unpaired) electrons. The van der Waals surface area contributed by atoms with Crippen molar-refractivity contribution in [1.82, 2.24) is 25.0 Å². The Bertz CT molecular complexity index is 1340. The summed E-state index contributed by atoms with van der Waals surface area (Å²) in [5, 5.41) is 14.7. The first-order chi connectivity index (χ1) is 16.2. The molecule has 0 bridgehead atoms. The van der Waals surface area contributed by atoms with Gasteiger partial charge in [-0.05, 0) is 11.6 Å². The second-order valence-electron chi connectivity index (χ2n) is 9.74. The zero-order valence-corrected chi connectivity index (χ0v) is 19.7. The number of halogens is 6. The highest BCUT2D eigenvalue weighted by atomic mass is 35.5. The second kappa shape index (κ2) is 7.52. The molecule has 0 aliphatic carbocycles. The van der Waals surface area contributed by atoms with Crippen molar-refractivity contribution in [3.8, 4) is 0 Å². The summed E-state index contributed by atoms with van der Waals surface area (Å²) < 4.78 is 69.2. The van der Waals surface area contributed by atoms with Crippen molar-refractivity contribution in [3.05, 3.63) is 40.2 Å². The minimum absolute atomic E-state index is 0.0408. The molecule has 186 valence electrons. The van der Waals surface area contributed by atoms with Crippen LogP contribution in [0.15, 0.2) is 28.4 Å². The van der Waals surface area contributed by atoms with Gasteiger partial charge < -0.3 is 4.90 Å². The van der Waals surface area contributed by atoms with Gasteiger partial charge in [0.1, 0.15) is 5.82 Å². The fraction of sp³-hybridized carbons (Fsp3) is 0.524. The lowest BCUT2D eigenvalue weighted by Gasteiger charge is -2.22. The van der Waals surface area contributed by atoms with Crippen molar-refractivity contribution in [2.45, 2.75) is 56.9 Å². The van der Waals surface area contributed by atoms with E-state index in [0.29, 0.717) is 17.0 Å². The number of anilines is 1. The molecule has 0 atom stereocenters. The number of benzene rings is 1. The Morgan fingerprint density at radius 2 is 1.80 bits per heavy atom. The third-order valence-electron chi connectivity index (χ3n) is 5.96. The van der Waals surface area contributed by atoms with Gasteiger partial charge in [-0.15, -0.1) is 15.3 Å². The number of alkyl halides is 5. The van der Waals surface area contributed by atoms with Crippen LogP contribution in [0.1, 0.15) is 44.1 Å². The van der Waals surface area contributed by atoms with Gasteiger partial charge in [-0.3, -0.25) is 0 Å². The van der Waals surface area contributed by atoms with E-state index in [1.807, 2.05) is 20.8 Å². The van der Waals surface area contributed by atoms with Crippen molar-refractivity contribution in [2.75, 3.05) is 18.0 Å². The number of fused-ring (bicyclic) bond motifs is 1. The number of nitrogens with zero attached hydrogens (tertiary/aromatic N) is 8. The van der Waals surface area contributed by atoms with E-state index in [1.54, 1.807) is 0 Å². The molecule has 8 nitrogen and oxygen atoms in total. The lowest BCUT2D eigenvalue weighted by Crippen LogP contribution is -2.30. The van der Waals surface area contributed by atoms with E-state index < -0.39 is 29.7 Å². The lowest BCUT2D eigenvalue weighted by atomic mass is 9.96. The van der Waals surface area contributed by atoms with Gasteiger partial charge in [-0.25, -0.2) is 23.4 Å². The van der Waals surface area contributed by atoms with Crippen LogP contribution in [0.3, 0.4) is 0 Å². The fourth-order valence-corrected chi connectivity index (χ4v) is 4.16. The molecule has 1 saturated heterocycles. The molecule has 2 aliphatic heterocycles. The molecule has 35 heavy (non-hydrogen) atoms. The minimum Gasteiger partial charge on any atom is -0.348 e. The Labute approximate surface area is 201 Å². The van der Waals surface area contributed by atoms with Crippen LogP contribution in [-0.2, 0) is 17.6 Å². The Balaban J connectivity index is 1.53. The summed E-state index contributed by atoms with van der Waals surface area (Å²) in [6.07, 6.45) is -4.96. The Hall–Kier alpha value is -2.96. The van der Waals surface area contributed by atoms with E-state index in [9.17, 15) is 22.0 Å². The molecule has 2 aromatic heterocycles. The van der Waals surface area contributed by atoms with Gasteiger partial charge in [-0.1, -0.05) is 49.7 Å². The van der Waals surface area contributed by atoms with E-state index in [0.717, 1.165) is 0 Å². The van der Waals surface area contributed by atoms with E-state index in [-0.39, 0.29) is 41.4 Å². The maximum absolute atomic E-state index is 13.9. The minimum atomic E-state index is -4.66. The number of aromatic nitrogens is 5. The van der Waals surface area contributed by atoms with Crippen LogP contribution in [0.2, 0.25) is 5.02 Å². The van der Waals surface area contributed by atoms with Crippen molar-refractivity contribution in [1.29, 1.82) is 0 Å². The smallest absolute Gasteiger partial charge is 0.348 e. The molecule has 0 unspecified atom stereocenters. The normalized spacial score (nSPS) is 19.1. The van der Waals surface area contributed by atoms with E-state index in [1.165, 1.54) is 27.8 Å². The van der Waals surface area contributed by atoms with Crippen LogP contribution in [0.4, 0.5) is 27.8 Å². The second-order valence-corrected chi connectivity index (χ2v) is 10.2. The van der Waals surface area contributed by atoms with Gasteiger partial charge in [-0.2, -0.15) is 13.2 Å². The molecule has 4 heterocycles. The Morgan fingerprint density at radius 1 is 1.09 bits per heavy atom. The molecule has 3 aromatic rings. The topological polar surface area (TPSA) is 84.5 Å². The van der Waals surface area contributed by atoms with Gasteiger partial charge in [0.15, 0.2) is 17.0 Å². The van der Waals surface area contributed by atoms with Crippen LogP contribution in [-0.4, -0.2) is 50.2 Å². The van der Waals surface area contributed by atoms with E-state index >= 15 is 0 Å². The zero-order valence-electron chi connectivity index (χ0n) is 18.9. The maximum Gasteiger partial charge on any atom is 0.442 e. The van der Waals surface area contributed by atoms with Crippen LogP contribution < -0.4 is 4.90 Å². The van der Waals surface area contributed by atoms with Crippen molar-refractivity contribution < 1.29 is 22.0 Å². The van der Waals surface area contributed by atoms with E-state index in [4.69, 9.17) is 11.6 Å². The van der Waals surface area contributed by atoms with Crippen LogP contribution >= 0.6 is 11.6 Å². The molecule has 0 amide bonds. The van der Waals surface area contributed by atoms with Crippen molar-refractivity contribution >= 4 is 28.6 Å². The first-order valence-electron chi connectivity index (χ1n) is 10.7. The third kappa shape index (κ3) is 4.09. The molecule has 2 aliphatic rings. The highest BCUT2D eigenvalue weighted by Gasteiger charge is 2.65. The zero-order chi connectivity index (χ0) is 25.4. The summed E-state index contributed by atoms with van der Waals surface area (Å²) in [6.45, 7) is 5.35. The van der Waals surface area contributed by atoms with Gasteiger partial charge in [0.25, 0.3) is 5.92 Å². The molecule has 0 saturated carbocycles. The number of hydrogen-bond acceptors (Lipinski definition) is 7. The molecule has 1 aromatic carbocycles. The number of rotatable bonds is 4. The summed E-state index contributed by atoms with van der Waals surface area (Å²) in [7, 11) is 0. The standard InChI is InChI=1S/C21H20ClF5N8/c1-18(2,3)17-28-15(34-7-6-19(23,24)10-34)14-16(29-17)35(33-30-14)9-11-4-5-12(8-13(11)22)20(31-32-20)21(25,26)27/h4-5,8H,6-7,9-10H2,1-3H3. The predicted molar refractivity (Wildman–Crippen MR) is 117 cm³/mol. The molecule has 0 spiro atoms.